The highest BCUT2D eigenvalue weighted by molar-refractivity contribution is 5.83. The molecule has 0 saturated carbocycles. The van der Waals surface area contributed by atoms with Crippen LogP contribution in [0.1, 0.15) is 19.3 Å². The van der Waals surface area contributed by atoms with Crippen LogP contribution in [0.4, 0.5) is 13.2 Å². The number of alkyl halides is 3. The topological polar surface area (TPSA) is 43.1 Å². The predicted molar refractivity (Wildman–Crippen MR) is 45.5 cm³/mol. The highest BCUT2D eigenvalue weighted by atomic mass is 19.4. The second kappa shape index (κ2) is 4.13. The van der Waals surface area contributed by atoms with Crippen molar-refractivity contribution in [3.05, 3.63) is 12.2 Å². The molecule has 0 bridgehead atoms. The number of nitrogens with two attached hydrogens (primary N) is 1. The van der Waals surface area contributed by atoms with Crippen molar-refractivity contribution < 1.29 is 18.0 Å². The summed E-state index contributed by atoms with van der Waals surface area (Å²) < 4.78 is 35.4. The van der Waals surface area contributed by atoms with E-state index in [4.69, 9.17) is 5.73 Å². The third-order valence-electron chi connectivity index (χ3n) is 2.19. The largest absolute Gasteiger partial charge is 0.389 e. The molecule has 0 amide bonds. The smallest absolute Gasteiger partial charge is 0.324 e. The number of hydrogen-bond donors (Lipinski definition) is 1. The van der Waals surface area contributed by atoms with Gasteiger partial charge in [0.25, 0.3) is 0 Å². The second-order valence-electron chi connectivity index (χ2n) is 3.47. The number of ketones is 1. The molecule has 0 fully saturated rings. The van der Waals surface area contributed by atoms with Crippen LogP contribution in [-0.2, 0) is 4.79 Å². The zero-order valence-electron chi connectivity index (χ0n) is 7.55. The van der Waals surface area contributed by atoms with Crippen molar-refractivity contribution in [2.24, 2.45) is 11.7 Å². The molecule has 2 atom stereocenters. The Morgan fingerprint density at radius 2 is 2.07 bits per heavy atom. The summed E-state index contributed by atoms with van der Waals surface area (Å²) in [6.45, 7) is 0. The first-order chi connectivity index (χ1) is 6.38. The molecule has 0 aromatic heterocycles. The van der Waals surface area contributed by atoms with Gasteiger partial charge in [0.1, 0.15) is 5.78 Å². The summed E-state index contributed by atoms with van der Waals surface area (Å²) in [5.41, 5.74) is 5.48. The van der Waals surface area contributed by atoms with Crippen molar-refractivity contribution in [3.63, 3.8) is 0 Å². The molecule has 1 rings (SSSR count). The van der Waals surface area contributed by atoms with Gasteiger partial charge in [-0.25, -0.2) is 0 Å². The molecular weight excluding hydrogens is 195 g/mol. The minimum atomic E-state index is -4.25. The molecule has 2 N–H and O–H groups in total. The second-order valence-corrected chi connectivity index (χ2v) is 3.47. The van der Waals surface area contributed by atoms with Gasteiger partial charge in [0.15, 0.2) is 0 Å². The Morgan fingerprint density at radius 3 is 2.50 bits per heavy atom. The quantitative estimate of drug-likeness (QED) is 0.717. The van der Waals surface area contributed by atoms with Gasteiger partial charge < -0.3 is 5.73 Å². The summed E-state index contributed by atoms with van der Waals surface area (Å²) in [6, 6.07) is -0.185. The molecule has 0 aromatic carbocycles. The van der Waals surface area contributed by atoms with Crippen LogP contribution < -0.4 is 5.73 Å². The maximum Gasteiger partial charge on any atom is 0.389 e. The molecule has 0 saturated heterocycles. The molecule has 1 aliphatic carbocycles. The SMILES string of the molecule is NC1C=CC(C(=O)CCC(F)(F)F)C1. The van der Waals surface area contributed by atoms with E-state index in [1.54, 1.807) is 12.2 Å². The Labute approximate surface area is 80.0 Å². The highest BCUT2D eigenvalue weighted by Crippen LogP contribution is 2.25. The molecule has 14 heavy (non-hydrogen) atoms. The Balaban J connectivity index is 2.33. The summed E-state index contributed by atoms with van der Waals surface area (Å²) >= 11 is 0. The molecule has 0 heterocycles. The van der Waals surface area contributed by atoms with Gasteiger partial charge in [-0.3, -0.25) is 4.79 Å². The van der Waals surface area contributed by atoms with E-state index < -0.39 is 24.9 Å². The average molecular weight is 207 g/mol. The maximum atomic E-state index is 11.8. The Kier molecular flexibility index (Phi) is 3.31. The average Bonchev–Trinajstić information content (AvgIpc) is 2.46. The predicted octanol–water partition coefficient (Wildman–Crippen LogP) is 1.80. The van der Waals surface area contributed by atoms with Crippen molar-refractivity contribution in [2.45, 2.75) is 31.5 Å². The van der Waals surface area contributed by atoms with Crippen LogP contribution >= 0.6 is 0 Å². The van der Waals surface area contributed by atoms with E-state index in [2.05, 4.69) is 0 Å². The highest BCUT2D eigenvalue weighted by Gasteiger charge is 2.30. The number of carbonyl (C=O) groups is 1. The lowest BCUT2D eigenvalue weighted by Gasteiger charge is -2.09. The van der Waals surface area contributed by atoms with Crippen LogP contribution in [0, 0.1) is 5.92 Å². The fraction of sp³-hybridized carbons (Fsp3) is 0.667. The van der Waals surface area contributed by atoms with E-state index in [1.807, 2.05) is 0 Å². The third kappa shape index (κ3) is 3.49. The van der Waals surface area contributed by atoms with Crippen LogP contribution in [0.15, 0.2) is 12.2 Å². The fourth-order valence-electron chi connectivity index (χ4n) is 1.42. The lowest BCUT2D eigenvalue weighted by atomic mass is 9.99. The van der Waals surface area contributed by atoms with Gasteiger partial charge in [-0.05, 0) is 6.42 Å². The van der Waals surface area contributed by atoms with Crippen LogP contribution in [-0.4, -0.2) is 18.0 Å². The van der Waals surface area contributed by atoms with E-state index >= 15 is 0 Å². The van der Waals surface area contributed by atoms with Crippen molar-refractivity contribution in [2.75, 3.05) is 0 Å². The van der Waals surface area contributed by atoms with Gasteiger partial charge in [-0.15, -0.1) is 0 Å². The Bertz CT molecular complexity index is 247. The minimum Gasteiger partial charge on any atom is -0.324 e. The first kappa shape index (κ1) is 11.2. The zero-order chi connectivity index (χ0) is 10.8. The molecule has 0 aromatic rings. The summed E-state index contributed by atoms with van der Waals surface area (Å²) in [7, 11) is 0. The number of carbonyl (C=O) groups excluding carboxylic acids is 1. The van der Waals surface area contributed by atoms with Crippen LogP contribution in [0.3, 0.4) is 0 Å². The lowest BCUT2D eigenvalue weighted by Crippen LogP contribution is -2.20. The normalized spacial score (nSPS) is 26.9. The van der Waals surface area contributed by atoms with Crippen LogP contribution in [0.5, 0.6) is 0 Å². The molecule has 2 unspecified atom stereocenters. The Hall–Kier alpha value is -0.840. The molecule has 80 valence electrons. The van der Waals surface area contributed by atoms with Crippen molar-refractivity contribution in [3.8, 4) is 0 Å². The number of rotatable bonds is 3. The molecular formula is C9H12F3NO. The van der Waals surface area contributed by atoms with E-state index in [-0.39, 0.29) is 11.8 Å². The summed E-state index contributed by atoms with van der Waals surface area (Å²) in [6.07, 6.45) is -2.02. The van der Waals surface area contributed by atoms with Gasteiger partial charge in [0, 0.05) is 18.4 Å². The van der Waals surface area contributed by atoms with Crippen molar-refractivity contribution >= 4 is 5.78 Å². The number of Topliss-reactive ketones (excluding diaryl/α,β-unsaturated/α-hetero) is 1. The summed E-state index contributed by atoms with van der Waals surface area (Å²) in [5, 5.41) is 0. The molecule has 0 radical (unpaired) electrons. The van der Waals surface area contributed by atoms with Crippen LogP contribution in [0.25, 0.3) is 0 Å². The fourth-order valence-corrected chi connectivity index (χ4v) is 1.42. The Morgan fingerprint density at radius 1 is 1.43 bits per heavy atom. The van der Waals surface area contributed by atoms with Crippen molar-refractivity contribution in [1.82, 2.24) is 0 Å². The molecule has 0 spiro atoms. The van der Waals surface area contributed by atoms with E-state index in [1.165, 1.54) is 0 Å². The minimum absolute atomic E-state index is 0.185. The standard InChI is InChI=1S/C9H12F3NO/c10-9(11,12)4-3-8(14)6-1-2-7(13)5-6/h1-2,6-7H,3-5,13H2. The van der Waals surface area contributed by atoms with Gasteiger partial charge in [-0.1, -0.05) is 12.2 Å². The number of halogens is 3. The van der Waals surface area contributed by atoms with Gasteiger partial charge in [0.2, 0.25) is 0 Å². The van der Waals surface area contributed by atoms with E-state index in [0.29, 0.717) is 6.42 Å². The first-order valence-electron chi connectivity index (χ1n) is 4.42. The van der Waals surface area contributed by atoms with Gasteiger partial charge >= 0.3 is 6.18 Å². The molecule has 5 heteroatoms. The summed E-state index contributed by atoms with van der Waals surface area (Å²) in [4.78, 5) is 11.2. The monoisotopic (exact) mass is 207 g/mol. The number of hydrogen-bond acceptors (Lipinski definition) is 2. The first-order valence-corrected chi connectivity index (χ1v) is 4.42. The maximum absolute atomic E-state index is 11.8. The number of allylic oxidation sites excluding steroid dienone is 1. The zero-order valence-corrected chi connectivity index (χ0v) is 7.55. The van der Waals surface area contributed by atoms with Crippen molar-refractivity contribution in [1.29, 1.82) is 0 Å². The van der Waals surface area contributed by atoms with E-state index in [9.17, 15) is 18.0 Å². The van der Waals surface area contributed by atoms with Gasteiger partial charge in [0.05, 0.1) is 6.42 Å². The van der Waals surface area contributed by atoms with E-state index in [0.717, 1.165) is 0 Å². The molecule has 1 aliphatic rings. The lowest BCUT2D eigenvalue weighted by molar-refractivity contribution is -0.144. The van der Waals surface area contributed by atoms with Gasteiger partial charge in [-0.2, -0.15) is 13.2 Å². The third-order valence-corrected chi connectivity index (χ3v) is 2.19. The molecule has 0 aliphatic heterocycles. The van der Waals surface area contributed by atoms with Crippen LogP contribution in [0.2, 0.25) is 0 Å². The molecule has 2 nitrogen and oxygen atoms in total. The summed E-state index contributed by atoms with van der Waals surface area (Å²) in [5.74, 6) is -0.779.